The Labute approximate surface area is 64.6 Å². The van der Waals surface area contributed by atoms with Crippen LogP contribution in [0, 0.1) is 6.07 Å². The lowest BCUT2D eigenvalue weighted by molar-refractivity contribution is 0.191. The average Bonchev–Trinajstić information content (AvgIpc) is 2.06. The second kappa shape index (κ2) is 3.81. The normalized spacial score (nSPS) is 9.27. The van der Waals surface area contributed by atoms with Crippen LogP contribution in [0.5, 0.6) is 11.5 Å². The highest BCUT2D eigenvalue weighted by Crippen LogP contribution is 2.17. The first-order valence-electron chi connectivity index (χ1n) is 3.11. The molecule has 1 rings (SSSR count). The van der Waals surface area contributed by atoms with Crippen LogP contribution in [0.3, 0.4) is 0 Å². The fourth-order valence-corrected chi connectivity index (χ4v) is 0.694. The SMILES string of the molecule is COc1cc[c]c(OCF)c1. The monoisotopic (exact) mass is 155 g/mol. The van der Waals surface area contributed by atoms with Crippen molar-refractivity contribution in [1.82, 2.24) is 0 Å². The van der Waals surface area contributed by atoms with Crippen molar-refractivity contribution >= 4 is 0 Å². The molecular formula is C8H8FO2. The molecule has 0 saturated heterocycles. The van der Waals surface area contributed by atoms with Crippen LogP contribution in [-0.4, -0.2) is 14.0 Å². The minimum absolute atomic E-state index is 0.354. The summed E-state index contributed by atoms with van der Waals surface area (Å²) in [6, 6.07) is 7.60. The van der Waals surface area contributed by atoms with E-state index in [2.05, 4.69) is 10.8 Å². The summed E-state index contributed by atoms with van der Waals surface area (Å²) < 4.78 is 21.1. The largest absolute Gasteiger partial charge is 0.497 e. The number of alkyl halides is 1. The molecule has 0 aliphatic rings. The van der Waals surface area contributed by atoms with Crippen LogP contribution in [0.15, 0.2) is 18.2 Å². The highest BCUT2D eigenvalue weighted by molar-refractivity contribution is 5.31. The van der Waals surface area contributed by atoms with Crippen LogP contribution in [-0.2, 0) is 0 Å². The molecule has 3 heteroatoms. The van der Waals surface area contributed by atoms with Gasteiger partial charge >= 0.3 is 0 Å². The van der Waals surface area contributed by atoms with Gasteiger partial charge in [0, 0.05) is 12.1 Å². The van der Waals surface area contributed by atoms with Crippen molar-refractivity contribution in [2.24, 2.45) is 0 Å². The van der Waals surface area contributed by atoms with Crippen molar-refractivity contribution in [3.63, 3.8) is 0 Å². The Bertz CT molecular complexity index is 225. The van der Waals surface area contributed by atoms with E-state index in [1.54, 1.807) is 18.2 Å². The second-order valence-corrected chi connectivity index (χ2v) is 1.85. The summed E-state index contributed by atoms with van der Waals surface area (Å²) in [5, 5.41) is 0. The van der Waals surface area contributed by atoms with Crippen LogP contribution < -0.4 is 9.47 Å². The summed E-state index contributed by atoms with van der Waals surface area (Å²) in [4.78, 5) is 0. The van der Waals surface area contributed by atoms with E-state index in [4.69, 9.17) is 4.74 Å². The summed E-state index contributed by atoms with van der Waals surface area (Å²) in [7, 11) is 1.54. The van der Waals surface area contributed by atoms with Crippen LogP contribution in [0.2, 0.25) is 0 Å². The zero-order valence-corrected chi connectivity index (χ0v) is 6.13. The third-order valence-electron chi connectivity index (χ3n) is 1.19. The lowest BCUT2D eigenvalue weighted by atomic mass is 10.3. The molecule has 1 aromatic rings. The van der Waals surface area contributed by atoms with E-state index in [0.717, 1.165) is 0 Å². The number of rotatable bonds is 3. The third-order valence-corrected chi connectivity index (χ3v) is 1.19. The Balaban J connectivity index is 2.74. The molecule has 0 spiro atoms. The summed E-state index contributed by atoms with van der Waals surface area (Å²) in [5.74, 6) is 0.985. The zero-order chi connectivity index (χ0) is 8.10. The van der Waals surface area contributed by atoms with Gasteiger partial charge in [0.15, 0.2) is 0 Å². The van der Waals surface area contributed by atoms with Gasteiger partial charge in [0.1, 0.15) is 11.5 Å². The van der Waals surface area contributed by atoms with Gasteiger partial charge in [-0.25, -0.2) is 4.39 Å². The summed E-state index contributed by atoms with van der Waals surface area (Å²) >= 11 is 0. The van der Waals surface area contributed by atoms with E-state index in [9.17, 15) is 4.39 Å². The van der Waals surface area contributed by atoms with Gasteiger partial charge in [0.05, 0.1) is 7.11 Å². The molecule has 0 heterocycles. The summed E-state index contributed by atoms with van der Waals surface area (Å²) in [6.45, 7) is -0.844. The second-order valence-electron chi connectivity index (χ2n) is 1.85. The van der Waals surface area contributed by atoms with Crippen LogP contribution in [0.1, 0.15) is 0 Å². The topological polar surface area (TPSA) is 18.5 Å². The van der Waals surface area contributed by atoms with Gasteiger partial charge in [-0.2, -0.15) is 0 Å². The van der Waals surface area contributed by atoms with Crippen molar-refractivity contribution in [3.8, 4) is 11.5 Å². The van der Waals surface area contributed by atoms with Gasteiger partial charge in [-0.15, -0.1) is 0 Å². The number of methoxy groups -OCH3 is 1. The lowest BCUT2D eigenvalue weighted by Gasteiger charge is -2.02. The number of halogens is 1. The fraction of sp³-hybridized carbons (Fsp3) is 0.250. The van der Waals surface area contributed by atoms with Gasteiger partial charge in [-0.05, 0) is 12.1 Å². The van der Waals surface area contributed by atoms with Crippen LogP contribution in [0.4, 0.5) is 4.39 Å². The molecule has 0 amide bonds. The van der Waals surface area contributed by atoms with Gasteiger partial charge in [-0.3, -0.25) is 0 Å². The molecule has 59 valence electrons. The molecule has 0 atom stereocenters. The molecule has 0 fully saturated rings. The molecule has 0 N–H and O–H groups in total. The van der Waals surface area contributed by atoms with Crippen molar-refractivity contribution in [1.29, 1.82) is 0 Å². The van der Waals surface area contributed by atoms with Gasteiger partial charge in [0.2, 0.25) is 6.86 Å². The minimum Gasteiger partial charge on any atom is -0.497 e. The highest BCUT2D eigenvalue weighted by atomic mass is 19.1. The minimum atomic E-state index is -0.844. The number of ether oxygens (including phenoxy) is 2. The van der Waals surface area contributed by atoms with Crippen LogP contribution in [0.25, 0.3) is 0 Å². The Morgan fingerprint density at radius 2 is 2.45 bits per heavy atom. The highest BCUT2D eigenvalue weighted by Gasteiger charge is 1.94. The van der Waals surface area contributed by atoms with Crippen molar-refractivity contribution < 1.29 is 13.9 Å². The molecule has 0 aromatic heterocycles. The Morgan fingerprint density at radius 3 is 3.09 bits per heavy atom. The van der Waals surface area contributed by atoms with E-state index in [0.29, 0.717) is 11.5 Å². The third kappa shape index (κ3) is 2.11. The maximum atomic E-state index is 11.6. The lowest BCUT2D eigenvalue weighted by Crippen LogP contribution is -1.90. The van der Waals surface area contributed by atoms with E-state index >= 15 is 0 Å². The molecule has 1 radical (unpaired) electrons. The number of hydrogen-bond donors (Lipinski definition) is 0. The van der Waals surface area contributed by atoms with E-state index in [1.165, 1.54) is 7.11 Å². The molecule has 1 aromatic carbocycles. The summed E-state index contributed by atoms with van der Waals surface area (Å²) in [6.07, 6.45) is 0. The molecule has 0 bridgehead atoms. The number of benzene rings is 1. The molecule has 11 heavy (non-hydrogen) atoms. The average molecular weight is 155 g/mol. The molecule has 0 aliphatic carbocycles. The maximum absolute atomic E-state index is 11.6. The molecular weight excluding hydrogens is 147 g/mol. The quantitative estimate of drug-likeness (QED) is 0.662. The first-order chi connectivity index (χ1) is 5.36. The van der Waals surface area contributed by atoms with Crippen molar-refractivity contribution in [2.75, 3.05) is 14.0 Å². The molecule has 0 aliphatic heterocycles. The predicted molar refractivity (Wildman–Crippen MR) is 38.4 cm³/mol. The van der Waals surface area contributed by atoms with Crippen LogP contribution >= 0.6 is 0 Å². The predicted octanol–water partition coefficient (Wildman–Crippen LogP) is 1.80. The number of hydrogen-bond acceptors (Lipinski definition) is 2. The van der Waals surface area contributed by atoms with Crippen molar-refractivity contribution in [3.05, 3.63) is 24.3 Å². The summed E-state index contributed by atoms with van der Waals surface area (Å²) in [5.41, 5.74) is 0. The van der Waals surface area contributed by atoms with E-state index in [-0.39, 0.29) is 0 Å². The van der Waals surface area contributed by atoms with Gasteiger partial charge in [0.25, 0.3) is 0 Å². The molecule has 0 saturated carbocycles. The molecule has 0 unspecified atom stereocenters. The first kappa shape index (κ1) is 7.85. The van der Waals surface area contributed by atoms with E-state index in [1.807, 2.05) is 0 Å². The Kier molecular flexibility index (Phi) is 2.72. The fourth-order valence-electron chi connectivity index (χ4n) is 0.694. The van der Waals surface area contributed by atoms with Gasteiger partial charge in [-0.1, -0.05) is 0 Å². The zero-order valence-electron chi connectivity index (χ0n) is 6.13. The Morgan fingerprint density at radius 1 is 1.64 bits per heavy atom. The van der Waals surface area contributed by atoms with Crippen molar-refractivity contribution in [2.45, 2.75) is 0 Å². The maximum Gasteiger partial charge on any atom is 0.228 e. The molecule has 2 nitrogen and oxygen atoms in total. The Hall–Kier alpha value is -1.25. The smallest absolute Gasteiger partial charge is 0.228 e. The van der Waals surface area contributed by atoms with E-state index < -0.39 is 6.86 Å². The van der Waals surface area contributed by atoms with Gasteiger partial charge < -0.3 is 9.47 Å². The standard InChI is InChI=1S/C8H8FO2/c1-10-7-3-2-4-8(5-7)11-6-9/h2-3,5H,6H2,1H3. The first-order valence-corrected chi connectivity index (χ1v) is 3.11.